The van der Waals surface area contributed by atoms with E-state index < -0.39 is 0 Å². The van der Waals surface area contributed by atoms with Crippen LogP contribution in [-0.4, -0.2) is 25.6 Å². The molecule has 4 nitrogen and oxygen atoms in total. The Labute approximate surface area is 142 Å². The third-order valence-corrected chi connectivity index (χ3v) is 3.52. The number of anilines is 1. The van der Waals surface area contributed by atoms with Crippen molar-refractivity contribution in [2.24, 2.45) is 0 Å². The molecule has 0 saturated carbocycles. The Kier molecular flexibility index (Phi) is 7.23. The normalized spacial score (nSPS) is 10.4. The first kappa shape index (κ1) is 17.9. The third kappa shape index (κ3) is 5.66. The van der Waals surface area contributed by atoms with Crippen molar-refractivity contribution in [1.82, 2.24) is 5.32 Å². The molecule has 0 heterocycles. The minimum atomic E-state index is -0.190. The smallest absolute Gasteiger partial charge is 0.225 e. The maximum Gasteiger partial charge on any atom is 0.225 e. The molecule has 0 spiro atoms. The van der Waals surface area contributed by atoms with Crippen molar-refractivity contribution in [3.05, 3.63) is 59.9 Å². The molecule has 0 atom stereocenters. The number of rotatable bonds is 9. The van der Waals surface area contributed by atoms with E-state index in [2.05, 4.69) is 10.6 Å². The molecule has 24 heavy (non-hydrogen) atoms. The molecule has 0 unspecified atom stereocenters. The van der Waals surface area contributed by atoms with Crippen LogP contribution < -0.4 is 15.4 Å². The quantitative estimate of drug-likeness (QED) is 0.693. The summed E-state index contributed by atoms with van der Waals surface area (Å²) in [4.78, 5) is 12.0. The van der Waals surface area contributed by atoms with E-state index in [-0.39, 0.29) is 11.7 Å². The van der Waals surface area contributed by atoms with E-state index in [1.54, 1.807) is 12.1 Å². The Morgan fingerprint density at radius 2 is 1.83 bits per heavy atom. The van der Waals surface area contributed by atoms with Crippen molar-refractivity contribution in [3.8, 4) is 5.75 Å². The van der Waals surface area contributed by atoms with Gasteiger partial charge in [-0.1, -0.05) is 30.3 Å². The minimum absolute atomic E-state index is 0.0828. The van der Waals surface area contributed by atoms with Crippen LogP contribution in [0.15, 0.2) is 48.5 Å². The van der Waals surface area contributed by atoms with E-state index in [4.69, 9.17) is 4.74 Å². The molecule has 0 fully saturated rings. The Balaban J connectivity index is 1.69. The van der Waals surface area contributed by atoms with Gasteiger partial charge in [-0.3, -0.25) is 4.79 Å². The van der Waals surface area contributed by atoms with Gasteiger partial charge in [0.15, 0.2) is 0 Å². The van der Waals surface area contributed by atoms with Crippen molar-refractivity contribution in [2.45, 2.75) is 19.8 Å². The van der Waals surface area contributed by atoms with Crippen LogP contribution in [0.1, 0.15) is 18.9 Å². The number of nitrogens with one attached hydrogen (secondary N) is 2. The number of ether oxygens (including phenoxy) is 1. The molecule has 0 saturated heterocycles. The SMILES string of the molecule is CCOc1ccccc1NC(=O)CCNCCc1ccccc1F. The molecule has 2 aromatic carbocycles. The van der Waals surface area contributed by atoms with Crippen LogP contribution >= 0.6 is 0 Å². The second-order valence-corrected chi connectivity index (χ2v) is 5.32. The summed E-state index contributed by atoms with van der Waals surface area (Å²) in [5.74, 6) is 0.394. The number of amides is 1. The molecular weight excluding hydrogens is 307 g/mol. The van der Waals surface area contributed by atoms with Gasteiger partial charge in [0.1, 0.15) is 11.6 Å². The van der Waals surface area contributed by atoms with E-state index in [0.717, 1.165) is 0 Å². The highest BCUT2D eigenvalue weighted by Gasteiger charge is 2.07. The lowest BCUT2D eigenvalue weighted by Crippen LogP contribution is -2.24. The Hall–Kier alpha value is -2.40. The van der Waals surface area contributed by atoms with Crippen LogP contribution in [0.4, 0.5) is 10.1 Å². The Bertz CT molecular complexity index is 661. The maximum absolute atomic E-state index is 13.5. The van der Waals surface area contributed by atoms with Crippen LogP contribution in [-0.2, 0) is 11.2 Å². The van der Waals surface area contributed by atoms with Gasteiger partial charge in [-0.15, -0.1) is 0 Å². The number of hydrogen-bond acceptors (Lipinski definition) is 3. The van der Waals surface area contributed by atoms with Gasteiger partial charge in [0.25, 0.3) is 0 Å². The van der Waals surface area contributed by atoms with Crippen molar-refractivity contribution in [2.75, 3.05) is 25.0 Å². The van der Waals surface area contributed by atoms with Crippen molar-refractivity contribution >= 4 is 11.6 Å². The summed E-state index contributed by atoms with van der Waals surface area (Å²) in [5.41, 5.74) is 1.36. The highest BCUT2D eigenvalue weighted by molar-refractivity contribution is 5.92. The third-order valence-electron chi connectivity index (χ3n) is 3.52. The van der Waals surface area contributed by atoms with Gasteiger partial charge in [0.2, 0.25) is 5.91 Å². The summed E-state index contributed by atoms with van der Waals surface area (Å²) in [6.07, 6.45) is 0.944. The maximum atomic E-state index is 13.5. The fraction of sp³-hybridized carbons (Fsp3) is 0.316. The summed E-state index contributed by atoms with van der Waals surface area (Å²) >= 11 is 0. The van der Waals surface area contributed by atoms with Crippen LogP contribution in [0.2, 0.25) is 0 Å². The highest BCUT2D eigenvalue weighted by atomic mass is 19.1. The van der Waals surface area contributed by atoms with Crippen LogP contribution in [0.5, 0.6) is 5.75 Å². The highest BCUT2D eigenvalue weighted by Crippen LogP contribution is 2.23. The zero-order valence-corrected chi connectivity index (χ0v) is 13.8. The molecule has 128 valence electrons. The molecule has 0 aliphatic heterocycles. The lowest BCUT2D eigenvalue weighted by atomic mass is 10.1. The molecule has 5 heteroatoms. The molecule has 0 aliphatic carbocycles. The zero-order chi connectivity index (χ0) is 17.2. The number of hydrogen-bond donors (Lipinski definition) is 2. The summed E-state index contributed by atoms with van der Waals surface area (Å²) in [5, 5.41) is 6.01. The number of carbonyl (C=O) groups excluding carboxylic acids is 1. The van der Waals surface area contributed by atoms with E-state index in [1.807, 2.05) is 37.3 Å². The monoisotopic (exact) mass is 330 g/mol. The number of para-hydroxylation sites is 2. The van der Waals surface area contributed by atoms with Gasteiger partial charge in [0, 0.05) is 13.0 Å². The minimum Gasteiger partial charge on any atom is -0.492 e. The van der Waals surface area contributed by atoms with E-state index in [0.29, 0.717) is 49.5 Å². The van der Waals surface area contributed by atoms with E-state index >= 15 is 0 Å². The fourth-order valence-corrected chi connectivity index (χ4v) is 2.32. The van der Waals surface area contributed by atoms with Gasteiger partial charge in [-0.25, -0.2) is 4.39 Å². The summed E-state index contributed by atoms with van der Waals surface area (Å²) in [6, 6.07) is 14.1. The van der Waals surface area contributed by atoms with Gasteiger partial charge in [0.05, 0.1) is 12.3 Å². The largest absolute Gasteiger partial charge is 0.492 e. The Morgan fingerprint density at radius 1 is 1.08 bits per heavy atom. The standard InChI is InChI=1S/C19H23FN2O2/c1-2-24-18-10-6-5-9-17(18)22-19(23)12-14-21-13-11-15-7-3-4-8-16(15)20/h3-10,21H,2,11-14H2,1H3,(H,22,23). The van der Waals surface area contributed by atoms with Crippen molar-refractivity contribution < 1.29 is 13.9 Å². The van der Waals surface area contributed by atoms with Gasteiger partial charge < -0.3 is 15.4 Å². The first-order chi connectivity index (χ1) is 11.7. The predicted molar refractivity (Wildman–Crippen MR) is 93.8 cm³/mol. The first-order valence-corrected chi connectivity index (χ1v) is 8.16. The molecule has 2 rings (SSSR count). The van der Waals surface area contributed by atoms with Gasteiger partial charge in [-0.2, -0.15) is 0 Å². The lowest BCUT2D eigenvalue weighted by molar-refractivity contribution is -0.116. The number of carbonyl (C=O) groups is 1. The molecule has 0 radical (unpaired) electrons. The molecule has 0 bridgehead atoms. The first-order valence-electron chi connectivity index (χ1n) is 8.16. The second kappa shape index (κ2) is 9.67. The van der Waals surface area contributed by atoms with Gasteiger partial charge in [-0.05, 0) is 43.7 Å². The molecule has 1 amide bonds. The van der Waals surface area contributed by atoms with Crippen LogP contribution in [0.25, 0.3) is 0 Å². The summed E-state index contributed by atoms with van der Waals surface area (Å²) < 4.78 is 18.9. The average Bonchev–Trinajstić information content (AvgIpc) is 2.58. The lowest BCUT2D eigenvalue weighted by Gasteiger charge is -2.11. The number of benzene rings is 2. The summed E-state index contributed by atoms with van der Waals surface area (Å²) in [7, 11) is 0. The van der Waals surface area contributed by atoms with Crippen LogP contribution in [0, 0.1) is 5.82 Å². The predicted octanol–water partition coefficient (Wildman–Crippen LogP) is 3.39. The fourth-order valence-electron chi connectivity index (χ4n) is 2.32. The molecule has 0 aliphatic rings. The van der Waals surface area contributed by atoms with E-state index in [9.17, 15) is 9.18 Å². The average molecular weight is 330 g/mol. The van der Waals surface area contributed by atoms with Crippen LogP contribution in [0.3, 0.4) is 0 Å². The van der Waals surface area contributed by atoms with Crippen molar-refractivity contribution in [3.63, 3.8) is 0 Å². The molecule has 2 N–H and O–H groups in total. The molecular formula is C19H23FN2O2. The summed E-state index contributed by atoms with van der Waals surface area (Å²) in [6.45, 7) is 3.61. The number of halogens is 1. The Morgan fingerprint density at radius 3 is 2.62 bits per heavy atom. The zero-order valence-electron chi connectivity index (χ0n) is 13.8. The molecule has 0 aromatic heterocycles. The van der Waals surface area contributed by atoms with Crippen molar-refractivity contribution in [1.29, 1.82) is 0 Å². The molecule has 2 aromatic rings. The van der Waals surface area contributed by atoms with Gasteiger partial charge >= 0.3 is 0 Å². The second-order valence-electron chi connectivity index (χ2n) is 5.32. The van der Waals surface area contributed by atoms with E-state index in [1.165, 1.54) is 6.07 Å². The topological polar surface area (TPSA) is 50.4 Å².